The summed E-state index contributed by atoms with van der Waals surface area (Å²) in [5.41, 5.74) is 2.37. The van der Waals surface area contributed by atoms with Gasteiger partial charge < -0.3 is 4.98 Å². The van der Waals surface area contributed by atoms with Crippen molar-refractivity contribution in [2.24, 2.45) is 5.92 Å². The number of fused-ring (bicyclic) bond motifs is 3. The summed E-state index contributed by atoms with van der Waals surface area (Å²) in [5, 5.41) is 8.88. The molecule has 1 fully saturated rings. The second kappa shape index (κ2) is 3.48. The van der Waals surface area contributed by atoms with Gasteiger partial charge in [0.25, 0.3) is 5.56 Å². The molecular formula is C13H14N2O. The minimum atomic E-state index is -0.222. The fraction of sp³-hybridized carbons (Fsp3) is 0.538. The number of aromatic nitrogens is 1. The molecule has 16 heavy (non-hydrogen) atoms. The molecule has 3 nitrogen and oxygen atoms in total. The van der Waals surface area contributed by atoms with Crippen molar-refractivity contribution in [2.45, 2.75) is 38.0 Å². The van der Waals surface area contributed by atoms with Crippen molar-refractivity contribution < 1.29 is 0 Å². The number of nitrogens with one attached hydrogen (secondary N) is 1. The van der Waals surface area contributed by atoms with Crippen LogP contribution in [0.25, 0.3) is 0 Å². The molecule has 2 atom stereocenters. The lowest BCUT2D eigenvalue weighted by molar-refractivity contribution is 0.330. The Hall–Kier alpha value is -1.56. The molecule has 82 valence electrons. The van der Waals surface area contributed by atoms with Crippen LogP contribution in [0.2, 0.25) is 0 Å². The maximum Gasteiger partial charge on any atom is 0.266 e. The maximum atomic E-state index is 11.5. The maximum absolute atomic E-state index is 11.5. The van der Waals surface area contributed by atoms with Gasteiger partial charge in [0.05, 0.1) is 0 Å². The number of hydrogen-bond donors (Lipinski definition) is 1. The second-order valence-corrected chi connectivity index (χ2v) is 4.91. The van der Waals surface area contributed by atoms with Gasteiger partial charge in [0.2, 0.25) is 0 Å². The normalized spacial score (nSPS) is 26.9. The SMILES string of the molecule is N#Cc1cc2c([nH]c1=O)C[C@H]1CCCC[C@@H]21. The number of H-pyrrole nitrogens is 1. The topological polar surface area (TPSA) is 56.6 Å². The van der Waals surface area contributed by atoms with Gasteiger partial charge in [-0.05, 0) is 42.7 Å². The second-order valence-electron chi connectivity index (χ2n) is 4.91. The Kier molecular flexibility index (Phi) is 2.10. The largest absolute Gasteiger partial charge is 0.325 e. The summed E-state index contributed by atoms with van der Waals surface area (Å²) in [4.78, 5) is 14.4. The zero-order valence-electron chi connectivity index (χ0n) is 9.12. The summed E-state index contributed by atoms with van der Waals surface area (Å²) >= 11 is 0. The number of rotatable bonds is 0. The molecule has 2 aliphatic carbocycles. The smallest absolute Gasteiger partial charge is 0.266 e. The first-order chi connectivity index (χ1) is 7.79. The number of nitriles is 1. The molecule has 1 aromatic heterocycles. The van der Waals surface area contributed by atoms with E-state index < -0.39 is 0 Å². The molecule has 0 saturated heterocycles. The molecule has 0 radical (unpaired) electrons. The molecular weight excluding hydrogens is 200 g/mol. The van der Waals surface area contributed by atoms with Crippen LogP contribution >= 0.6 is 0 Å². The van der Waals surface area contributed by atoms with Crippen LogP contribution in [0.4, 0.5) is 0 Å². The Labute approximate surface area is 94.1 Å². The van der Waals surface area contributed by atoms with Crippen LogP contribution in [0, 0.1) is 17.2 Å². The first-order valence-electron chi connectivity index (χ1n) is 5.96. The highest BCUT2D eigenvalue weighted by Gasteiger charge is 2.35. The van der Waals surface area contributed by atoms with Crippen molar-refractivity contribution in [3.8, 4) is 6.07 Å². The van der Waals surface area contributed by atoms with Gasteiger partial charge in [0.1, 0.15) is 11.6 Å². The highest BCUT2D eigenvalue weighted by molar-refractivity contribution is 5.39. The van der Waals surface area contributed by atoms with E-state index in [-0.39, 0.29) is 11.1 Å². The third-order valence-electron chi connectivity index (χ3n) is 4.05. The van der Waals surface area contributed by atoms with E-state index in [2.05, 4.69) is 4.98 Å². The lowest BCUT2D eigenvalue weighted by atomic mass is 9.80. The third-order valence-corrected chi connectivity index (χ3v) is 4.05. The third kappa shape index (κ3) is 1.30. The standard InChI is InChI=1S/C13H14N2O/c14-7-9-5-11-10-4-2-1-3-8(10)6-12(11)15-13(9)16/h5,8,10H,1-4,6H2,(H,15,16)/t8-,10-/m1/s1. The van der Waals surface area contributed by atoms with Gasteiger partial charge in [-0.2, -0.15) is 5.26 Å². The van der Waals surface area contributed by atoms with E-state index >= 15 is 0 Å². The molecule has 0 spiro atoms. The molecule has 0 bridgehead atoms. The first-order valence-corrected chi connectivity index (χ1v) is 5.96. The average Bonchev–Trinajstić information content (AvgIpc) is 2.65. The fourth-order valence-electron chi connectivity index (χ4n) is 3.29. The highest BCUT2D eigenvalue weighted by Crippen LogP contribution is 2.45. The number of pyridine rings is 1. The summed E-state index contributed by atoms with van der Waals surface area (Å²) in [7, 11) is 0. The highest BCUT2D eigenvalue weighted by atomic mass is 16.1. The Morgan fingerprint density at radius 2 is 2.19 bits per heavy atom. The van der Waals surface area contributed by atoms with Crippen LogP contribution in [-0.4, -0.2) is 4.98 Å². The van der Waals surface area contributed by atoms with Crippen molar-refractivity contribution in [3.63, 3.8) is 0 Å². The van der Waals surface area contributed by atoms with Crippen molar-refractivity contribution in [3.05, 3.63) is 33.2 Å². The van der Waals surface area contributed by atoms with Gasteiger partial charge in [-0.1, -0.05) is 12.8 Å². The molecule has 0 unspecified atom stereocenters. The quantitative estimate of drug-likeness (QED) is 0.718. The summed E-state index contributed by atoms with van der Waals surface area (Å²) in [6.45, 7) is 0. The molecule has 1 aromatic rings. The van der Waals surface area contributed by atoms with E-state index in [0.29, 0.717) is 11.8 Å². The van der Waals surface area contributed by atoms with Crippen LogP contribution in [0.5, 0.6) is 0 Å². The summed E-state index contributed by atoms with van der Waals surface area (Å²) in [5.74, 6) is 1.29. The van der Waals surface area contributed by atoms with Gasteiger partial charge in [-0.15, -0.1) is 0 Å². The van der Waals surface area contributed by atoms with E-state index in [1.807, 2.05) is 12.1 Å². The molecule has 3 heteroatoms. The monoisotopic (exact) mass is 214 g/mol. The molecule has 0 aromatic carbocycles. The predicted octanol–water partition coefficient (Wildman–Crippen LogP) is 2.08. The van der Waals surface area contributed by atoms with Crippen molar-refractivity contribution in [2.75, 3.05) is 0 Å². The Morgan fingerprint density at radius 1 is 1.38 bits per heavy atom. The molecule has 1 heterocycles. The lowest BCUT2D eigenvalue weighted by Crippen LogP contribution is -2.14. The lowest BCUT2D eigenvalue weighted by Gasteiger charge is -2.25. The summed E-state index contributed by atoms with van der Waals surface area (Å²) < 4.78 is 0. The van der Waals surface area contributed by atoms with E-state index in [1.54, 1.807) is 0 Å². The predicted molar refractivity (Wildman–Crippen MR) is 60.2 cm³/mol. The minimum absolute atomic E-state index is 0.222. The van der Waals surface area contributed by atoms with E-state index in [0.717, 1.165) is 12.1 Å². The number of aromatic amines is 1. The van der Waals surface area contributed by atoms with Crippen LogP contribution in [-0.2, 0) is 6.42 Å². The van der Waals surface area contributed by atoms with Gasteiger partial charge in [0.15, 0.2) is 0 Å². The fourth-order valence-corrected chi connectivity index (χ4v) is 3.29. The van der Waals surface area contributed by atoms with Crippen LogP contribution in [0.15, 0.2) is 10.9 Å². The van der Waals surface area contributed by atoms with Crippen molar-refractivity contribution in [1.29, 1.82) is 5.26 Å². The van der Waals surface area contributed by atoms with Crippen LogP contribution in [0.3, 0.4) is 0 Å². The summed E-state index contributed by atoms with van der Waals surface area (Å²) in [6, 6.07) is 3.80. The van der Waals surface area contributed by atoms with Crippen molar-refractivity contribution in [1.82, 2.24) is 4.98 Å². The molecule has 1 N–H and O–H groups in total. The van der Waals surface area contributed by atoms with Crippen molar-refractivity contribution >= 4 is 0 Å². The van der Waals surface area contributed by atoms with Gasteiger partial charge in [-0.3, -0.25) is 4.79 Å². The minimum Gasteiger partial charge on any atom is -0.325 e. The Morgan fingerprint density at radius 3 is 3.00 bits per heavy atom. The zero-order valence-corrected chi connectivity index (χ0v) is 9.12. The van der Waals surface area contributed by atoms with Gasteiger partial charge >= 0.3 is 0 Å². The first kappa shape index (κ1) is 9.65. The molecule has 2 aliphatic rings. The zero-order chi connectivity index (χ0) is 11.1. The van der Waals surface area contributed by atoms with Crippen LogP contribution < -0.4 is 5.56 Å². The summed E-state index contributed by atoms with van der Waals surface area (Å²) in [6.07, 6.45) is 6.07. The molecule has 3 rings (SSSR count). The number of nitrogens with zero attached hydrogens (tertiary/aromatic N) is 1. The molecule has 0 amide bonds. The average molecular weight is 214 g/mol. The van der Waals surface area contributed by atoms with Crippen LogP contribution in [0.1, 0.15) is 48.4 Å². The van der Waals surface area contributed by atoms with Gasteiger partial charge in [-0.25, -0.2) is 0 Å². The Bertz CT molecular complexity index is 524. The van der Waals surface area contributed by atoms with E-state index in [1.165, 1.54) is 31.2 Å². The molecule has 0 aliphatic heterocycles. The Balaban J connectivity index is 2.10. The number of hydrogen-bond acceptors (Lipinski definition) is 2. The van der Waals surface area contributed by atoms with E-state index in [9.17, 15) is 4.79 Å². The molecule has 1 saturated carbocycles. The van der Waals surface area contributed by atoms with E-state index in [4.69, 9.17) is 5.26 Å². The van der Waals surface area contributed by atoms with Gasteiger partial charge in [0, 0.05) is 5.69 Å².